The molecule has 20 heavy (non-hydrogen) atoms. The monoisotopic (exact) mass is 280 g/mol. The van der Waals surface area contributed by atoms with Gasteiger partial charge in [0.1, 0.15) is 5.60 Å². The molecule has 0 bridgehead atoms. The van der Waals surface area contributed by atoms with Crippen molar-refractivity contribution in [3.63, 3.8) is 0 Å². The minimum atomic E-state index is -0.433. The molecule has 1 aliphatic rings. The van der Waals surface area contributed by atoms with Gasteiger partial charge in [-0.1, -0.05) is 0 Å². The molecule has 0 radical (unpaired) electrons. The zero-order valence-corrected chi connectivity index (χ0v) is 12.7. The van der Waals surface area contributed by atoms with Gasteiger partial charge in [-0.3, -0.25) is 4.68 Å². The smallest absolute Gasteiger partial charge is 0.410 e. The van der Waals surface area contributed by atoms with Crippen molar-refractivity contribution in [1.82, 2.24) is 20.0 Å². The number of nitrogens with zero attached hydrogens (tertiary/aromatic N) is 3. The molecule has 0 spiro atoms. The molecule has 0 saturated carbocycles. The number of hydrogen-bond donors (Lipinski definition) is 1. The largest absolute Gasteiger partial charge is 0.444 e. The number of nitrogens with one attached hydrogen (secondary N) is 1. The molecule has 1 N–H and O–H groups in total. The topological polar surface area (TPSA) is 59.4 Å². The van der Waals surface area contributed by atoms with E-state index in [4.69, 9.17) is 4.74 Å². The number of amides is 1. The standard InChI is InChI=1S/C14H24N4O2/c1-14(2,3)20-13(19)18-8-6-11(10-18)15-9-12-5-7-16-17(12)4/h5,7,11,15H,6,8-10H2,1-4H3. The number of likely N-dealkylation sites (tertiary alicyclic amines) is 1. The molecule has 2 rings (SSSR count). The van der Waals surface area contributed by atoms with Crippen LogP contribution in [0.4, 0.5) is 4.79 Å². The van der Waals surface area contributed by atoms with E-state index in [0.717, 1.165) is 25.2 Å². The first-order valence-corrected chi connectivity index (χ1v) is 7.03. The van der Waals surface area contributed by atoms with Gasteiger partial charge in [-0.2, -0.15) is 5.10 Å². The van der Waals surface area contributed by atoms with Crippen molar-refractivity contribution in [2.45, 2.75) is 45.4 Å². The SMILES string of the molecule is Cn1nccc1CNC1CCN(C(=O)OC(C)(C)C)C1. The summed E-state index contributed by atoms with van der Waals surface area (Å²) >= 11 is 0. The van der Waals surface area contributed by atoms with Crippen LogP contribution >= 0.6 is 0 Å². The van der Waals surface area contributed by atoms with Gasteiger partial charge in [0.15, 0.2) is 0 Å². The number of rotatable bonds is 3. The zero-order chi connectivity index (χ0) is 14.8. The molecule has 0 aromatic carbocycles. The summed E-state index contributed by atoms with van der Waals surface area (Å²) in [7, 11) is 1.93. The second-order valence-corrected chi connectivity index (χ2v) is 6.24. The number of carbonyl (C=O) groups excluding carboxylic acids is 1. The Morgan fingerprint density at radius 3 is 2.90 bits per heavy atom. The van der Waals surface area contributed by atoms with Crippen LogP contribution in [0.2, 0.25) is 0 Å². The van der Waals surface area contributed by atoms with Crippen molar-refractivity contribution < 1.29 is 9.53 Å². The Labute approximate surface area is 120 Å². The van der Waals surface area contributed by atoms with Gasteiger partial charge in [0.25, 0.3) is 0 Å². The Morgan fingerprint density at radius 1 is 1.55 bits per heavy atom. The molecule has 1 unspecified atom stereocenters. The van der Waals surface area contributed by atoms with Crippen molar-refractivity contribution in [2.75, 3.05) is 13.1 Å². The van der Waals surface area contributed by atoms with Gasteiger partial charge < -0.3 is 15.0 Å². The van der Waals surface area contributed by atoms with Crippen LogP contribution in [0.5, 0.6) is 0 Å². The van der Waals surface area contributed by atoms with Crippen LogP contribution in [-0.2, 0) is 18.3 Å². The van der Waals surface area contributed by atoms with Gasteiger partial charge in [-0.05, 0) is 33.3 Å². The quantitative estimate of drug-likeness (QED) is 0.912. The molecular weight excluding hydrogens is 256 g/mol. The Hall–Kier alpha value is -1.56. The summed E-state index contributed by atoms with van der Waals surface area (Å²) in [6.45, 7) is 7.88. The summed E-state index contributed by atoms with van der Waals surface area (Å²) in [4.78, 5) is 13.7. The van der Waals surface area contributed by atoms with Crippen molar-refractivity contribution >= 4 is 6.09 Å². The van der Waals surface area contributed by atoms with Crippen molar-refractivity contribution in [3.05, 3.63) is 18.0 Å². The summed E-state index contributed by atoms with van der Waals surface area (Å²) in [5.41, 5.74) is 0.706. The van der Waals surface area contributed by atoms with Crippen molar-refractivity contribution in [3.8, 4) is 0 Å². The minimum Gasteiger partial charge on any atom is -0.444 e. The van der Waals surface area contributed by atoms with Crippen LogP contribution in [0, 0.1) is 0 Å². The predicted octanol–water partition coefficient (Wildman–Crippen LogP) is 1.52. The third kappa shape index (κ3) is 3.96. The van der Waals surface area contributed by atoms with Gasteiger partial charge >= 0.3 is 6.09 Å². The summed E-state index contributed by atoms with van der Waals surface area (Å²) in [6.07, 6.45) is 2.53. The first kappa shape index (κ1) is 14.8. The maximum absolute atomic E-state index is 12.0. The zero-order valence-electron chi connectivity index (χ0n) is 12.7. The fraction of sp³-hybridized carbons (Fsp3) is 0.714. The van der Waals surface area contributed by atoms with Crippen LogP contribution in [-0.4, -0.2) is 45.5 Å². The lowest BCUT2D eigenvalue weighted by Crippen LogP contribution is -2.38. The average Bonchev–Trinajstić information content (AvgIpc) is 2.93. The lowest BCUT2D eigenvalue weighted by molar-refractivity contribution is 0.0291. The number of aromatic nitrogens is 2. The minimum absolute atomic E-state index is 0.220. The number of carbonyl (C=O) groups is 1. The van der Waals surface area contributed by atoms with Crippen LogP contribution in [0.15, 0.2) is 12.3 Å². The maximum Gasteiger partial charge on any atom is 0.410 e. The van der Waals surface area contributed by atoms with E-state index in [0.29, 0.717) is 12.6 Å². The fourth-order valence-electron chi connectivity index (χ4n) is 2.24. The molecule has 1 aliphatic heterocycles. The number of aryl methyl sites for hydroxylation is 1. The molecule has 1 saturated heterocycles. The Balaban J connectivity index is 1.78. The second kappa shape index (κ2) is 5.83. The molecule has 1 aromatic rings. The predicted molar refractivity (Wildman–Crippen MR) is 76.3 cm³/mol. The number of hydrogen-bond acceptors (Lipinski definition) is 4. The molecule has 6 heteroatoms. The number of ether oxygens (including phenoxy) is 1. The van der Waals surface area contributed by atoms with Crippen LogP contribution in [0.3, 0.4) is 0 Å². The molecule has 112 valence electrons. The van der Waals surface area contributed by atoms with E-state index in [1.807, 2.05) is 38.6 Å². The third-order valence-corrected chi connectivity index (χ3v) is 3.33. The van der Waals surface area contributed by atoms with Gasteiger partial charge in [0.2, 0.25) is 0 Å². The lowest BCUT2D eigenvalue weighted by atomic mass is 10.2. The first-order valence-electron chi connectivity index (χ1n) is 7.03. The van der Waals surface area contributed by atoms with E-state index < -0.39 is 5.60 Å². The summed E-state index contributed by atoms with van der Waals surface area (Å²) in [5, 5.41) is 7.60. The van der Waals surface area contributed by atoms with E-state index in [1.165, 1.54) is 0 Å². The van der Waals surface area contributed by atoms with E-state index in [9.17, 15) is 4.79 Å². The molecule has 1 amide bonds. The average molecular weight is 280 g/mol. The van der Waals surface area contributed by atoms with E-state index in [-0.39, 0.29) is 6.09 Å². The highest BCUT2D eigenvalue weighted by Crippen LogP contribution is 2.15. The first-order chi connectivity index (χ1) is 9.35. The Bertz CT molecular complexity index is 464. The van der Waals surface area contributed by atoms with Crippen LogP contribution in [0.25, 0.3) is 0 Å². The molecular formula is C14H24N4O2. The lowest BCUT2D eigenvalue weighted by Gasteiger charge is -2.24. The Morgan fingerprint density at radius 2 is 2.30 bits per heavy atom. The molecule has 2 heterocycles. The second-order valence-electron chi connectivity index (χ2n) is 6.24. The van der Waals surface area contributed by atoms with Gasteiger partial charge in [-0.25, -0.2) is 4.79 Å². The molecule has 1 atom stereocenters. The molecule has 6 nitrogen and oxygen atoms in total. The highest BCUT2D eigenvalue weighted by atomic mass is 16.6. The van der Waals surface area contributed by atoms with E-state index in [2.05, 4.69) is 10.4 Å². The summed E-state index contributed by atoms with van der Waals surface area (Å²) in [5.74, 6) is 0. The van der Waals surface area contributed by atoms with Crippen molar-refractivity contribution in [2.24, 2.45) is 7.05 Å². The summed E-state index contributed by atoms with van der Waals surface area (Å²) in [6, 6.07) is 2.31. The van der Waals surface area contributed by atoms with Crippen molar-refractivity contribution in [1.29, 1.82) is 0 Å². The fourth-order valence-corrected chi connectivity index (χ4v) is 2.24. The van der Waals surface area contributed by atoms with E-state index in [1.54, 1.807) is 11.1 Å². The molecule has 1 aromatic heterocycles. The molecule has 1 fully saturated rings. The van der Waals surface area contributed by atoms with Gasteiger partial charge in [-0.15, -0.1) is 0 Å². The normalized spacial score (nSPS) is 19.4. The summed E-state index contributed by atoms with van der Waals surface area (Å²) < 4.78 is 7.24. The third-order valence-electron chi connectivity index (χ3n) is 3.33. The van der Waals surface area contributed by atoms with Gasteiger partial charge in [0, 0.05) is 38.9 Å². The van der Waals surface area contributed by atoms with Crippen LogP contribution in [0.1, 0.15) is 32.9 Å². The maximum atomic E-state index is 12.0. The van der Waals surface area contributed by atoms with Gasteiger partial charge in [0.05, 0.1) is 5.69 Å². The Kier molecular flexibility index (Phi) is 4.32. The highest BCUT2D eigenvalue weighted by Gasteiger charge is 2.29. The van der Waals surface area contributed by atoms with Crippen LogP contribution < -0.4 is 5.32 Å². The van der Waals surface area contributed by atoms with E-state index >= 15 is 0 Å². The molecule has 0 aliphatic carbocycles. The highest BCUT2D eigenvalue weighted by molar-refractivity contribution is 5.68.